The molecule has 42 heavy (non-hydrogen) atoms. The minimum atomic E-state index is -4.68. The van der Waals surface area contributed by atoms with Crippen LogP contribution in [0.4, 0.5) is 13.2 Å². The average Bonchev–Trinajstić information content (AvgIpc) is 3.39. The minimum absolute atomic E-state index is 0.0131. The Labute approximate surface area is 239 Å². The Morgan fingerprint density at radius 3 is 2.62 bits per heavy atom. The van der Waals surface area contributed by atoms with E-state index in [1.165, 1.54) is 16.6 Å². The first kappa shape index (κ1) is 28.1. The van der Waals surface area contributed by atoms with Gasteiger partial charge in [-0.3, -0.25) is 4.68 Å². The third-order valence-corrected chi connectivity index (χ3v) is 9.68. The molecular formula is C28H27F3N6O4S. The fourth-order valence-electron chi connectivity index (χ4n) is 5.75. The van der Waals surface area contributed by atoms with E-state index in [9.17, 15) is 31.5 Å². The molecule has 2 aromatic heterocycles. The van der Waals surface area contributed by atoms with Gasteiger partial charge in [-0.1, -0.05) is 30.3 Å². The van der Waals surface area contributed by atoms with Crippen molar-refractivity contribution in [3.05, 3.63) is 88.5 Å². The zero-order valence-electron chi connectivity index (χ0n) is 22.7. The molecule has 10 nitrogen and oxygen atoms in total. The van der Waals surface area contributed by atoms with Crippen LogP contribution in [0.25, 0.3) is 5.69 Å². The zero-order valence-corrected chi connectivity index (χ0v) is 23.5. The van der Waals surface area contributed by atoms with Gasteiger partial charge in [0, 0.05) is 38.2 Å². The summed E-state index contributed by atoms with van der Waals surface area (Å²) in [4.78, 5) is 11.7. The number of carboxylic acids is 1. The lowest BCUT2D eigenvalue weighted by Gasteiger charge is -2.23. The SMILES string of the molecule is CC1Cc2ccc(C(F)(F)F)cc2S(=O)(=O)N(Cc2cccc(-n3ncc(C(=O)O)c3[C@@H]3C[C@H]3c3cn(C)nn3)c2)C1. The molecule has 1 aliphatic heterocycles. The molecule has 4 aromatic rings. The first-order valence-corrected chi connectivity index (χ1v) is 14.7. The summed E-state index contributed by atoms with van der Waals surface area (Å²) in [6.45, 7) is 1.91. The molecule has 0 spiro atoms. The molecule has 1 N–H and O–H groups in total. The Bertz CT molecular complexity index is 1800. The minimum Gasteiger partial charge on any atom is -0.478 e. The monoisotopic (exact) mass is 600 g/mol. The summed E-state index contributed by atoms with van der Waals surface area (Å²) < 4.78 is 72.0. The van der Waals surface area contributed by atoms with Gasteiger partial charge >= 0.3 is 12.1 Å². The van der Waals surface area contributed by atoms with Gasteiger partial charge in [0.1, 0.15) is 5.56 Å². The molecule has 2 aromatic carbocycles. The topological polar surface area (TPSA) is 123 Å². The molecular weight excluding hydrogens is 573 g/mol. The molecule has 14 heteroatoms. The molecule has 6 rings (SSSR count). The van der Waals surface area contributed by atoms with Crippen molar-refractivity contribution in [1.82, 2.24) is 29.1 Å². The van der Waals surface area contributed by atoms with Crippen LogP contribution in [0.3, 0.4) is 0 Å². The predicted octanol–water partition coefficient (Wildman–Crippen LogP) is 4.37. The lowest BCUT2D eigenvalue weighted by Crippen LogP contribution is -2.33. The van der Waals surface area contributed by atoms with Gasteiger partial charge in [-0.05, 0) is 54.2 Å². The van der Waals surface area contributed by atoms with Crippen molar-refractivity contribution in [2.24, 2.45) is 13.0 Å². The highest BCUT2D eigenvalue weighted by molar-refractivity contribution is 7.89. The van der Waals surface area contributed by atoms with Crippen molar-refractivity contribution >= 4 is 16.0 Å². The smallest absolute Gasteiger partial charge is 0.416 e. The Morgan fingerprint density at radius 2 is 1.93 bits per heavy atom. The maximum absolute atomic E-state index is 13.7. The second kappa shape index (κ2) is 10.1. The number of aromatic carboxylic acids is 1. The van der Waals surface area contributed by atoms with Crippen LogP contribution in [-0.2, 0) is 36.2 Å². The summed E-state index contributed by atoms with van der Waals surface area (Å²) >= 11 is 0. The third-order valence-electron chi connectivity index (χ3n) is 7.79. The normalized spacial score (nSPS) is 22.0. The van der Waals surface area contributed by atoms with E-state index >= 15 is 0 Å². The van der Waals surface area contributed by atoms with Gasteiger partial charge in [0.05, 0.1) is 33.7 Å². The first-order chi connectivity index (χ1) is 19.8. The van der Waals surface area contributed by atoms with Gasteiger partial charge in [0.2, 0.25) is 10.0 Å². The van der Waals surface area contributed by atoms with Crippen LogP contribution in [-0.4, -0.2) is 55.1 Å². The number of alkyl halides is 3. The number of halogens is 3. The van der Waals surface area contributed by atoms with Crippen molar-refractivity contribution in [2.45, 2.75) is 49.2 Å². The number of benzene rings is 2. The number of aryl methyl sites for hydroxylation is 1. The largest absolute Gasteiger partial charge is 0.478 e. The first-order valence-electron chi connectivity index (χ1n) is 13.3. The second-order valence-electron chi connectivity index (χ2n) is 11.0. The number of rotatable bonds is 6. The highest BCUT2D eigenvalue weighted by atomic mass is 32.2. The van der Waals surface area contributed by atoms with E-state index in [-0.39, 0.29) is 41.3 Å². The Balaban J connectivity index is 1.33. The standard InChI is InChI=1S/C28H27F3N6O4S/c1-16-8-18-6-7-19(28(29,30)31)10-25(18)42(40,41)36(13-16)14-17-4-3-5-20(9-17)37-26(23(12-32-37)27(38)39)22-11-21(22)24-15-35(2)34-33-24/h3-7,9-10,12,15-16,21-22H,8,11,13-14H2,1-2H3,(H,38,39)/t16?,21-,22-/m1/s1. The van der Waals surface area contributed by atoms with Gasteiger partial charge < -0.3 is 5.11 Å². The summed E-state index contributed by atoms with van der Waals surface area (Å²) in [5.41, 5.74) is 1.81. The molecule has 1 fully saturated rings. The highest BCUT2D eigenvalue weighted by Gasteiger charge is 2.46. The van der Waals surface area contributed by atoms with Crippen molar-refractivity contribution in [3.8, 4) is 5.69 Å². The van der Waals surface area contributed by atoms with Crippen molar-refractivity contribution in [2.75, 3.05) is 6.54 Å². The fraction of sp³-hybridized carbons (Fsp3) is 0.357. The molecule has 2 aliphatic rings. The second-order valence-corrected chi connectivity index (χ2v) is 12.9. The molecule has 0 bridgehead atoms. The van der Waals surface area contributed by atoms with E-state index in [2.05, 4.69) is 15.4 Å². The Kier molecular flexibility index (Phi) is 6.72. The average molecular weight is 601 g/mol. The predicted molar refractivity (Wildman–Crippen MR) is 144 cm³/mol. The number of aromatic nitrogens is 5. The quantitative estimate of drug-likeness (QED) is 0.349. The van der Waals surface area contributed by atoms with Crippen LogP contribution >= 0.6 is 0 Å². The Hall–Kier alpha value is -4.04. The maximum atomic E-state index is 13.7. The van der Waals surface area contributed by atoms with Crippen LogP contribution in [0.5, 0.6) is 0 Å². The number of carbonyl (C=O) groups is 1. The molecule has 3 heterocycles. The van der Waals surface area contributed by atoms with Crippen LogP contribution in [0.1, 0.15) is 63.6 Å². The van der Waals surface area contributed by atoms with E-state index < -0.39 is 27.7 Å². The fourth-order valence-corrected chi connectivity index (χ4v) is 7.56. The molecule has 1 aliphatic carbocycles. The van der Waals surface area contributed by atoms with Crippen LogP contribution < -0.4 is 0 Å². The van der Waals surface area contributed by atoms with Crippen molar-refractivity contribution < 1.29 is 31.5 Å². The number of hydrogen-bond acceptors (Lipinski definition) is 6. The summed E-state index contributed by atoms with van der Waals surface area (Å²) in [5.74, 6) is -1.41. The molecule has 0 saturated heterocycles. The van der Waals surface area contributed by atoms with Crippen LogP contribution in [0.15, 0.2) is 59.8 Å². The highest BCUT2D eigenvalue weighted by Crippen LogP contribution is 2.55. The van der Waals surface area contributed by atoms with Gasteiger partial charge in [0.15, 0.2) is 0 Å². The number of sulfonamides is 1. The molecule has 3 atom stereocenters. The molecule has 0 radical (unpaired) electrons. The van der Waals surface area contributed by atoms with Gasteiger partial charge in [-0.25, -0.2) is 17.9 Å². The lowest BCUT2D eigenvalue weighted by atomic mass is 9.99. The van der Waals surface area contributed by atoms with Gasteiger partial charge in [-0.15, -0.1) is 5.10 Å². The summed E-state index contributed by atoms with van der Waals surface area (Å²) in [7, 11) is -2.49. The van der Waals surface area contributed by atoms with Crippen LogP contribution in [0, 0.1) is 5.92 Å². The molecule has 1 unspecified atom stereocenters. The zero-order chi connectivity index (χ0) is 30.0. The van der Waals surface area contributed by atoms with Crippen molar-refractivity contribution in [1.29, 1.82) is 0 Å². The van der Waals surface area contributed by atoms with E-state index in [0.29, 0.717) is 35.3 Å². The summed E-state index contributed by atoms with van der Waals surface area (Å²) in [5, 5.41) is 22.4. The number of nitrogens with zero attached hydrogens (tertiary/aromatic N) is 6. The van der Waals surface area contributed by atoms with E-state index in [1.54, 1.807) is 46.9 Å². The summed E-state index contributed by atoms with van der Waals surface area (Å²) in [6, 6.07) is 9.80. The van der Waals surface area contributed by atoms with Crippen LogP contribution in [0.2, 0.25) is 0 Å². The molecule has 0 amide bonds. The maximum Gasteiger partial charge on any atom is 0.416 e. The van der Waals surface area contributed by atoms with E-state index in [4.69, 9.17) is 0 Å². The molecule has 220 valence electrons. The third kappa shape index (κ3) is 5.09. The number of fused-ring (bicyclic) bond motifs is 1. The Morgan fingerprint density at radius 1 is 1.14 bits per heavy atom. The van der Waals surface area contributed by atoms with Gasteiger partial charge in [0.25, 0.3) is 0 Å². The number of hydrogen-bond donors (Lipinski definition) is 1. The molecule has 1 saturated carbocycles. The number of carboxylic acid groups (broad SMARTS) is 1. The summed E-state index contributed by atoms with van der Waals surface area (Å²) in [6.07, 6.45) is -0.581. The van der Waals surface area contributed by atoms with Crippen molar-refractivity contribution in [3.63, 3.8) is 0 Å². The van der Waals surface area contributed by atoms with E-state index in [1.807, 2.05) is 6.92 Å². The lowest BCUT2D eigenvalue weighted by molar-refractivity contribution is -0.137. The van der Waals surface area contributed by atoms with Gasteiger partial charge in [-0.2, -0.15) is 22.6 Å². The van der Waals surface area contributed by atoms with E-state index in [0.717, 1.165) is 17.8 Å².